The highest BCUT2D eigenvalue weighted by molar-refractivity contribution is 7.91. The van der Waals surface area contributed by atoms with Crippen molar-refractivity contribution in [2.75, 3.05) is 11.5 Å². The number of aromatic nitrogens is 2. The molecule has 3 rings (SSSR count). The van der Waals surface area contributed by atoms with Crippen LogP contribution in [-0.4, -0.2) is 29.5 Å². The molecule has 0 radical (unpaired) electrons. The van der Waals surface area contributed by atoms with Gasteiger partial charge in [0.2, 0.25) is 0 Å². The lowest BCUT2D eigenvalue weighted by atomic mass is 10.0. The van der Waals surface area contributed by atoms with E-state index in [9.17, 15) is 8.42 Å². The van der Waals surface area contributed by atoms with Crippen LogP contribution < -0.4 is 0 Å². The molecule has 1 aromatic rings. The molecule has 3 heterocycles. The third kappa shape index (κ3) is 1.97. The summed E-state index contributed by atoms with van der Waals surface area (Å²) in [6.07, 6.45) is 3.89. The van der Waals surface area contributed by atoms with Crippen molar-refractivity contribution < 1.29 is 8.42 Å². The van der Waals surface area contributed by atoms with E-state index in [0.717, 1.165) is 30.8 Å². The second-order valence-corrected chi connectivity index (χ2v) is 8.01. The lowest BCUT2D eigenvalue weighted by Crippen LogP contribution is -2.19. The minimum absolute atomic E-state index is 0.0294. The van der Waals surface area contributed by atoms with Crippen molar-refractivity contribution >= 4 is 21.4 Å². The number of nitrogens with zero attached hydrogens (tertiary/aromatic N) is 2. The molecular formula is C12H17ClN2O2S. The Morgan fingerprint density at radius 3 is 2.83 bits per heavy atom. The lowest BCUT2D eigenvalue weighted by molar-refractivity contribution is 0.410. The van der Waals surface area contributed by atoms with Crippen LogP contribution >= 0.6 is 11.6 Å². The molecule has 0 aromatic carbocycles. The second-order valence-electron chi connectivity index (χ2n) is 5.42. The molecule has 0 spiro atoms. The minimum Gasteiger partial charge on any atom is -0.327 e. The Labute approximate surface area is 112 Å². The molecule has 1 saturated heterocycles. The molecular weight excluding hydrogens is 272 g/mol. The highest BCUT2D eigenvalue weighted by Crippen LogP contribution is 2.37. The van der Waals surface area contributed by atoms with Gasteiger partial charge in [0.25, 0.3) is 0 Å². The first-order valence-corrected chi connectivity index (χ1v) is 8.65. The standard InChI is InChI=1S/C12H17ClN2O2S/c1-8-3-2-4-10-11(13)14-12(15(8)10)9-5-6-18(16,17)7-9/h8-9H,2-7H2,1H3. The Bertz CT molecular complexity index is 579. The van der Waals surface area contributed by atoms with Crippen LogP contribution in [0.3, 0.4) is 0 Å². The highest BCUT2D eigenvalue weighted by Gasteiger charge is 2.35. The molecule has 4 nitrogen and oxygen atoms in total. The van der Waals surface area contributed by atoms with Crippen LogP contribution in [0.2, 0.25) is 5.15 Å². The molecule has 6 heteroatoms. The second kappa shape index (κ2) is 4.23. The van der Waals surface area contributed by atoms with Crippen LogP contribution in [-0.2, 0) is 16.3 Å². The van der Waals surface area contributed by atoms with Gasteiger partial charge in [-0.15, -0.1) is 0 Å². The van der Waals surface area contributed by atoms with Crippen molar-refractivity contribution in [2.45, 2.75) is 44.6 Å². The lowest BCUT2D eigenvalue weighted by Gasteiger charge is -2.25. The van der Waals surface area contributed by atoms with E-state index >= 15 is 0 Å². The largest absolute Gasteiger partial charge is 0.327 e. The molecule has 100 valence electrons. The molecule has 2 aliphatic rings. The van der Waals surface area contributed by atoms with Gasteiger partial charge in [-0.2, -0.15) is 0 Å². The predicted molar refractivity (Wildman–Crippen MR) is 70.9 cm³/mol. The van der Waals surface area contributed by atoms with E-state index in [1.807, 2.05) is 0 Å². The number of rotatable bonds is 1. The van der Waals surface area contributed by atoms with E-state index < -0.39 is 9.84 Å². The molecule has 2 atom stereocenters. The van der Waals surface area contributed by atoms with Gasteiger partial charge in [0, 0.05) is 12.0 Å². The molecule has 2 unspecified atom stereocenters. The van der Waals surface area contributed by atoms with Gasteiger partial charge >= 0.3 is 0 Å². The van der Waals surface area contributed by atoms with Crippen molar-refractivity contribution in [3.05, 3.63) is 16.7 Å². The summed E-state index contributed by atoms with van der Waals surface area (Å²) >= 11 is 6.20. The SMILES string of the molecule is CC1CCCc2c(Cl)nc(C3CCS(=O)(=O)C3)n21. The normalized spacial score (nSPS) is 30.3. The van der Waals surface area contributed by atoms with Gasteiger partial charge in [-0.05, 0) is 32.6 Å². The number of sulfone groups is 1. The summed E-state index contributed by atoms with van der Waals surface area (Å²) < 4.78 is 25.4. The zero-order valence-electron chi connectivity index (χ0n) is 10.4. The predicted octanol–water partition coefficient (Wildman–Crippen LogP) is 2.34. The van der Waals surface area contributed by atoms with E-state index in [1.54, 1.807) is 0 Å². The quantitative estimate of drug-likeness (QED) is 0.797. The first-order chi connectivity index (χ1) is 8.48. The Hall–Kier alpha value is -0.550. The molecule has 0 bridgehead atoms. The van der Waals surface area contributed by atoms with Crippen LogP contribution in [0.1, 0.15) is 49.7 Å². The van der Waals surface area contributed by atoms with Crippen LogP contribution in [0.15, 0.2) is 0 Å². The van der Waals surface area contributed by atoms with Crippen molar-refractivity contribution in [1.82, 2.24) is 9.55 Å². The van der Waals surface area contributed by atoms with E-state index in [2.05, 4.69) is 16.5 Å². The van der Waals surface area contributed by atoms with Gasteiger partial charge in [0.05, 0.1) is 17.2 Å². The van der Waals surface area contributed by atoms with Crippen molar-refractivity contribution in [3.63, 3.8) is 0 Å². The van der Waals surface area contributed by atoms with Gasteiger partial charge in [-0.25, -0.2) is 13.4 Å². The Balaban J connectivity index is 2.03. The molecule has 1 aromatic heterocycles. The average Bonchev–Trinajstić information content (AvgIpc) is 2.81. The summed E-state index contributed by atoms with van der Waals surface area (Å²) in [6.45, 7) is 2.16. The van der Waals surface area contributed by atoms with Crippen LogP contribution in [0.5, 0.6) is 0 Å². The first kappa shape index (κ1) is 12.5. The minimum atomic E-state index is -2.87. The molecule has 18 heavy (non-hydrogen) atoms. The zero-order valence-corrected chi connectivity index (χ0v) is 12.0. The van der Waals surface area contributed by atoms with E-state index in [0.29, 0.717) is 17.6 Å². The number of fused-ring (bicyclic) bond motifs is 1. The number of hydrogen-bond acceptors (Lipinski definition) is 3. The number of hydrogen-bond donors (Lipinski definition) is 0. The number of imidazole rings is 1. The highest BCUT2D eigenvalue weighted by atomic mass is 35.5. The third-order valence-corrected chi connectivity index (χ3v) is 6.13. The molecule has 2 aliphatic heterocycles. The zero-order chi connectivity index (χ0) is 12.9. The monoisotopic (exact) mass is 288 g/mol. The van der Waals surface area contributed by atoms with Crippen molar-refractivity contribution in [1.29, 1.82) is 0 Å². The summed E-state index contributed by atoms with van der Waals surface area (Å²) in [6, 6.07) is 0.382. The van der Waals surface area contributed by atoms with Gasteiger partial charge in [0.15, 0.2) is 15.0 Å². The maximum absolute atomic E-state index is 11.6. The average molecular weight is 289 g/mol. The molecule has 0 amide bonds. The molecule has 0 saturated carbocycles. The smallest absolute Gasteiger partial charge is 0.151 e. The van der Waals surface area contributed by atoms with Gasteiger partial charge < -0.3 is 4.57 Å². The Kier molecular flexibility index (Phi) is 2.94. The molecule has 1 fully saturated rings. The Morgan fingerprint density at radius 1 is 1.39 bits per heavy atom. The van der Waals surface area contributed by atoms with Crippen LogP contribution in [0.4, 0.5) is 0 Å². The fourth-order valence-corrected chi connectivity index (χ4v) is 5.16. The summed E-state index contributed by atoms with van der Waals surface area (Å²) in [7, 11) is -2.87. The number of halogens is 1. The topological polar surface area (TPSA) is 52.0 Å². The van der Waals surface area contributed by atoms with Crippen molar-refractivity contribution in [3.8, 4) is 0 Å². The van der Waals surface area contributed by atoms with Gasteiger partial charge in [0.1, 0.15) is 5.82 Å². The maximum Gasteiger partial charge on any atom is 0.151 e. The van der Waals surface area contributed by atoms with Gasteiger partial charge in [-0.1, -0.05) is 11.6 Å². The van der Waals surface area contributed by atoms with Gasteiger partial charge in [-0.3, -0.25) is 0 Å². The fraction of sp³-hybridized carbons (Fsp3) is 0.750. The third-order valence-electron chi connectivity index (χ3n) is 4.06. The summed E-state index contributed by atoms with van der Waals surface area (Å²) in [5, 5.41) is 0.570. The maximum atomic E-state index is 11.6. The van der Waals surface area contributed by atoms with E-state index in [-0.39, 0.29) is 17.4 Å². The van der Waals surface area contributed by atoms with Crippen LogP contribution in [0.25, 0.3) is 0 Å². The summed E-state index contributed by atoms with van der Waals surface area (Å²) in [4.78, 5) is 4.45. The van der Waals surface area contributed by atoms with Crippen LogP contribution in [0, 0.1) is 0 Å². The van der Waals surface area contributed by atoms with Crippen molar-refractivity contribution in [2.24, 2.45) is 0 Å². The fourth-order valence-electron chi connectivity index (χ4n) is 3.15. The van der Waals surface area contributed by atoms with E-state index in [4.69, 9.17) is 11.6 Å². The molecule has 0 aliphatic carbocycles. The first-order valence-electron chi connectivity index (χ1n) is 6.45. The van der Waals surface area contributed by atoms with E-state index in [1.165, 1.54) is 0 Å². The summed E-state index contributed by atoms with van der Waals surface area (Å²) in [5.41, 5.74) is 1.09. The molecule has 0 N–H and O–H groups in total. The Morgan fingerprint density at radius 2 is 2.17 bits per heavy atom. The summed E-state index contributed by atoms with van der Waals surface area (Å²) in [5.74, 6) is 1.43.